The van der Waals surface area contributed by atoms with Crippen LogP contribution in [-0.2, 0) is 28.7 Å². The van der Waals surface area contributed by atoms with Gasteiger partial charge < -0.3 is 9.47 Å². The number of nitrogens with zero attached hydrogens (tertiary/aromatic N) is 3. The highest BCUT2D eigenvalue weighted by Crippen LogP contribution is 2.71. The van der Waals surface area contributed by atoms with Gasteiger partial charge in [0, 0.05) is 30.1 Å². The van der Waals surface area contributed by atoms with Gasteiger partial charge in [-0.25, -0.2) is 0 Å². The standard InChI is InChI=1S/C28H25N3O6S4/c1-5-13-30-23(34)27(40-25(30)38)19(21(32)36-3)18(17-12-11-15-9-7-8-10-16(15)29-17)20(22(33)37-4)28(27)24(35)31(14-6-2)26(39)41-28/h5-12,18-20H,1-2,13-14H2,3-4H3/t18?,19-,20-,27-,28+/m0/s1. The number of carbonyl (C=O) groups is 4. The minimum atomic E-state index is -1.92. The maximum Gasteiger partial charge on any atom is 0.311 e. The lowest BCUT2D eigenvalue weighted by Crippen LogP contribution is -2.63. The van der Waals surface area contributed by atoms with Gasteiger partial charge in [0.15, 0.2) is 0 Å². The molecule has 5 atom stereocenters. The number of fused-ring (bicyclic) bond motifs is 2. The van der Waals surface area contributed by atoms with Gasteiger partial charge in [-0.15, -0.1) is 13.2 Å². The Balaban J connectivity index is 1.89. The molecular weight excluding hydrogens is 603 g/mol. The quantitative estimate of drug-likeness (QED) is 0.256. The second-order valence-electron chi connectivity index (χ2n) is 9.57. The molecule has 2 aromatic rings. The molecule has 2 amide bonds. The number of hydrogen-bond donors (Lipinski definition) is 0. The van der Waals surface area contributed by atoms with Gasteiger partial charge in [-0.3, -0.25) is 34.0 Å². The molecule has 1 saturated carbocycles. The molecule has 1 aromatic heterocycles. The number of thioether (sulfide) groups is 2. The SMILES string of the molecule is C=CCN1C(=O)[C@@]2(SC1=S)[C@H](C(=O)OC)C(c1ccc3ccccc3n1)[C@@H](C(=O)OC)[C@]21SC(=S)N(CC=C)C1=O. The van der Waals surface area contributed by atoms with E-state index in [0.29, 0.717) is 11.2 Å². The number of hydrogen-bond acceptors (Lipinski definition) is 11. The Labute approximate surface area is 255 Å². The van der Waals surface area contributed by atoms with Crippen LogP contribution in [-0.4, -0.2) is 84.0 Å². The molecule has 3 fully saturated rings. The van der Waals surface area contributed by atoms with Gasteiger partial charge >= 0.3 is 11.9 Å². The molecule has 9 nitrogen and oxygen atoms in total. The number of esters is 2. The van der Waals surface area contributed by atoms with Crippen LogP contribution in [0.5, 0.6) is 0 Å². The number of carbonyl (C=O) groups excluding carboxylic acids is 4. The molecule has 2 saturated heterocycles. The zero-order valence-electron chi connectivity index (χ0n) is 22.1. The summed E-state index contributed by atoms with van der Waals surface area (Å²) in [6.07, 6.45) is 2.99. The Morgan fingerprint density at radius 2 is 1.39 bits per heavy atom. The van der Waals surface area contributed by atoms with Gasteiger partial charge in [0.25, 0.3) is 0 Å². The second kappa shape index (κ2) is 10.9. The van der Waals surface area contributed by atoms with E-state index in [1.54, 1.807) is 12.1 Å². The molecule has 3 aliphatic rings. The fourth-order valence-electron chi connectivity index (χ4n) is 6.12. The first-order valence-corrected chi connectivity index (χ1v) is 14.9. The highest BCUT2D eigenvalue weighted by atomic mass is 32.2. The Hall–Kier alpha value is -3.13. The lowest BCUT2D eigenvalue weighted by molar-refractivity contribution is -0.150. The van der Waals surface area contributed by atoms with E-state index in [1.165, 1.54) is 36.2 Å². The van der Waals surface area contributed by atoms with Crippen molar-refractivity contribution in [3.05, 3.63) is 67.4 Å². The number of amides is 2. The van der Waals surface area contributed by atoms with Crippen molar-refractivity contribution in [3.8, 4) is 0 Å². The first-order chi connectivity index (χ1) is 19.6. The van der Waals surface area contributed by atoms with E-state index in [2.05, 4.69) is 13.2 Å². The van der Waals surface area contributed by atoms with E-state index in [9.17, 15) is 19.2 Å². The van der Waals surface area contributed by atoms with Gasteiger partial charge in [-0.2, -0.15) is 0 Å². The smallest absolute Gasteiger partial charge is 0.311 e. The van der Waals surface area contributed by atoms with Crippen LogP contribution in [0.15, 0.2) is 61.7 Å². The minimum Gasteiger partial charge on any atom is -0.469 e. The van der Waals surface area contributed by atoms with Crippen molar-refractivity contribution in [3.63, 3.8) is 0 Å². The zero-order valence-corrected chi connectivity index (χ0v) is 25.4. The molecule has 13 heteroatoms. The maximum atomic E-state index is 14.6. The molecule has 1 aliphatic carbocycles. The third-order valence-electron chi connectivity index (χ3n) is 7.70. The van der Waals surface area contributed by atoms with Crippen molar-refractivity contribution in [1.82, 2.24) is 14.8 Å². The number of pyridine rings is 1. The number of ether oxygens (including phenoxy) is 2. The van der Waals surface area contributed by atoms with E-state index >= 15 is 0 Å². The molecule has 5 rings (SSSR count). The predicted molar refractivity (Wildman–Crippen MR) is 165 cm³/mol. The lowest BCUT2D eigenvalue weighted by Gasteiger charge is -2.38. The van der Waals surface area contributed by atoms with E-state index in [0.717, 1.165) is 28.9 Å². The number of methoxy groups -OCH3 is 2. The van der Waals surface area contributed by atoms with Crippen molar-refractivity contribution in [2.24, 2.45) is 11.8 Å². The molecule has 0 radical (unpaired) electrons. The van der Waals surface area contributed by atoms with Crippen molar-refractivity contribution >= 4 is 91.3 Å². The van der Waals surface area contributed by atoms with Crippen molar-refractivity contribution in [2.75, 3.05) is 27.3 Å². The average molecular weight is 628 g/mol. The van der Waals surface area contributed by atoms with E-state index < -0.39 is 51.0 Å². The van der Waals surface area contributed by atoms with Crippen LogP contribution in [0.3, 0.4) is 0 Å². The monoisotopic (exact) mass is 627 g/mol. The third kappa shape index (κ3) is 4.00. The molecule has 2 spiro atoms. The fourth-order valence-corrected chi connectivity index (χ4v) is 10.4. The molecule has 41 heavy (non-hydrogen) atoms. The predicted octanol–water partition coefficient (Wildman–Crippen LogP) is 3.48. The highest BCUT2D eigenvalue weighted by Gasteiger charge is 2.85. The third-order valence-corrected chi connectivity index (χ3v) is 11.7. The first kappa shape index (κ1) is 29.4. The van der Waals surface area contributed by atoms with Crippen LogP contribution in [0.1, 0.15) is 11.6 Å². The average Bonchev–Trinajstić information content (AvgIpc) is 3.49. The molecule has 1 aromatic carbocycles. The highest BCUT2D eigenvalue weighted by molar-refractivity contribution is 8.28. The minimum absolute atomic E-state index is 0.0395. The zero-order chi connectivity index (χ0) is 29.7. The van der Waals surface area contributed by atoms with Crippen LogP contribution in [0.25, 0.3) is 10.9 Å². The van der Waals surface area contributed by atoms with Crippen LogP contribution in [0, 0.1) is 11.8 Å². The molecular formula is C28H25N3O6S4. The van der Waals surface area contributed by atoms with Crippen LogP contribution < -0.4 is 0 Å². The molecule has 2 aliphatic heterocycles. The molecule has 212 valence electrons. The number of rotatable bonds is 7. The van der Waals surface area contributed by atoms with Crippen LogP contribution in [0.4, 0.5) is 0 Å². The van der Waals surface area contributed by atoms with Crippen molar-refractivity contribution in [2.45, 2.75) is 15.4 Å². The fraction of sp³-hybridized carbons (Fsp3) is 0.321. The molecule has 3 heterocycles. The Morgan fingerprint density at radius 1 is 0.902 bits per heavy atom. The number of para-hydroxylation sites is 1. The van der Waals surface area contributed by atoms with Gasteiger partial charge in [-0.05, 0) is 12.1 Å². The summed E-state index contributed by atoms with van der Waals surface area (Å²) in [7, 11) is 2.39. The summed E-state index contributed by atoms with van der Waals surface area (Å²) in [5, 5.41) is 0.831. The number of aromatic nitrogens is 1. The molecule has 0 bridgehead atoms. The van der Waals surface area contributed by atoms with E-state index in [1.807, 2.05) is 24.3 Å². The van der Waals surface area contributed by atoms with Gasteiger partial charge in [0.05, 0.1) is 31.6 Å². The summed E-state index contributed by atoms with van der Waals surface area (Å²) >= 11 is 13.1. The van der Waals surface area contributed by atoms with Gasteiger partial charge in [0.2, 0.25) is 11.8 Å². The van der Waals surface area contributed by atoms with Crippen molar-refractivity contribution < 1.29 is 28.7 Å². The van der Waals surface area contributed by atoms with E-state index in [4.69, 9.17) is 38.9 Å². The maximum absolute atomic E-state index is 14.6. The number of benzene rings is 1. The summed E-state index contributed by atoms with van der Waals surface area (Å²) in [6, 6.07) is 10.9. The van der Waals surface area contributed by atoms with Crippen LogP contribution in [0.2, 0.25) is 0 Å². The Bertz CT molecular complexity index is 1470. The summed E-state index contributed by atoms with van der Waals surface area (Å²) in [5.41, 5.74) is 0.935. The second-order valence-corrected chi connectivity index (χ2v) is 13.3. The first-order valence-electron chi connectivity index (χ1n) is 12.5. The Kier molecular flexibility index (Phi) is 7.83. The lowest BCUT2D eigenvalue weighted by atomic mass is 9.82. The van der Waals surface area contributed by atoms with Gasteiger partial charge in [-0.1, -0.05) is 84.4 Å². The van der Waals surface area contributed by atoms with Gasteiger partial charge in [0.1, 0.15) is 18.1 Å². The molecule has 0 N–H and O–H groups in total. The normalized spacial score (nSPS) is 29.2. The summed E-state index contributed by atoms with van der Waals surface area (Å²) in [5.74, 6) is -6.63. The Morgan fingerprint density at radius 3 is 1.85 bits per heavy atom. The van der Waals surface area contributed by atoms with Crippen molar-refractivity contribution in [1.29, 1.82) is 0 Å². The van der Waals surface area contributed by atoms with E-state index in [-0.39, 0.29) is 21.7 Å². The summed E-state index contributed by atoms with van der Waals surface area (Å²) in [4.78, 5) is 64.5. The topological polar surface area (TPSA) is 106 Å². The number of thiocarbonyl (C=S) groups is 2. The largest absolute Gasteiger partial charge is 0.469 e. The summed E-state index contributed by atoms with van der Waals surface area (Å²) in [6.45, 7) is 7.54. The summed E-state index contributed by atoms with van der Waals surface area (Å²) < 4.78 is 7.02. The van der Waals surface area contributed by atoms with Crippen LogP contribution >= 0.6 is 48.0 Å². The molecule has 1 unspecified atom stereocenters.